The quantitative estimate of drug-likeness (QED) is 0.725. The van der Waals surface area contributed by atoms with E-state index in [0.717, 1.165) is 44.1 Å². The molecule has 2 fully saturated rings. The molecule has 1 atom stereocenters. The number of hydrogen-bond acceptors (Lipinski definition) is 6. The second kappa shape index (κ2) is 8.58. The van der Waals surface area contributed by atoms with Gasteiger partial charge in [-0.2, -0.15) is 0 Å². The van der Waals surface area contributed by atoms with Gasteiger partial charge < -0.3 is 15.1 Å². The van der Waals surface area contributed by atoms with Gasteiger partial charge in [0.05, 0.1) is 29.9 Å². The highest BCUT2D eigenvalue weighted by atomic mass is 35.5. The van der Waals surface area contributed by atoms with Gasteiger partial charge >= 0.3 is 6.03 Å². The third-order valence-electron chi connectivity index (χ3n) is 5.93. The molecular weight excluding hydrogens is 445 g/mol. The minimum atomic E-state index is -3.49. The maximum atomic E-state index is 14.5. The van der Waals surface area contributed by atoms with Gasteiger partial charge in [-0.3, -0.25) is 0 Å². The lowest BCUT2D eigenvalue weighted by Crippen LogP contribution is -2.44. The van der Waals surface area contributed by atoms with Gasteiger partial charge in [0.25, 0.3) is 0 Å². The Morgan fingerprint density at radius 1 is 1.23 bits per heavy atom. The second-order valence-corrected chi connectivity index (χ2v) is 10.3. The molecule has 0 radical (unpaired) electrons. The first kappa shape index (κ1) is 21.8. The molecule has 2 aliphatic rings. The molecule has 31 heavy (non-hydrogen) atoms. The van der Waals surface area contributed by atoms with Crippen LogP contribution >= 0.6 is 11.6 Å². The number of anilines is 1. The smallest absolute Gasteiger partial charge is 0.318 e. The third-order valence-corrected chi connectivity index (χ3v) is 7.24. The van der Waals surface area contributed by atoms with Crippen LogP contribution in [0, 0.1) is 11.7 Å². The Bertz CT molecular complexity index is 1070. The van der Waals surface area contributed by atoms with Crippen LogP contribution in [0.25, 0.3) is 0 Å². The molecule has 2 aliphatic heterocycles. The van der Waals surface area contributed by atoms with Gasteiger partial charge in [-0.25, -0.2) is 27.6 Å². The monoisotopic (exact) mass is 467 g/mol. The summed E-state index contributed by atoms with van der Waals surface area (Å²) in [5.41, 5.74) is 0.295. The normalized spacial score (nSPS) is 20.2. The molecule has 1 aromatic carbocycles. The number of sulfone groups is 1. The number of benzene rings is 1. The lowest BCUT2D eigenvalue weighted by Gasteiger charge is -2.37. The standard InChI is InChI=1S/C20H23ClFN5O3S/c1-31(29,30)15-3-2-14(16(22)8-15)12-27-17(9-25-20(27)28)13-4-6-26(7-5-13)19-11-23-18(21)10-24-19/h2-3,8,10-11,13,17H,4-7,9,12H2,1H3,(H,25,28). The van der Waals surface area contributed by atoms with Crippen LogP contribution in [-0.2, 0) is 16.4 Å². The molecule has 4 rings (SSSR count). The van der Waals surface area contributed by atoms with Gasteiger partial charge in [0.2, 0.25) is 0 Å². The molecule has 0 spiro atoms. The first-order valence-electron chi connectivity index (χ1n) is 9.98. The van der Waals surface area contributed by atoms with Crippen LogP contribution in [0.4, 0.5) is 15.0 Å². The van der Waals surface area contributed by atoms with Crippen LogP contribution in [0.2, 0.25) is 5.15 Å². The molecule has 0 bridgehead atoms. The zero-order valence-electron chi connectivity index (χ0n) is 17.0. The van der Waals surface area contributed by atoms with Crippen LogP contribution < -0.4 is 10.2 Å². The van der Waals surface area contributed by atoms with Crippen LogP contribution in [0.3, 0.4) is 0 Å². The highest BCUT2D eigenvalue weighted by molar-refractivity contribution is 7.90. The number of amides is 2. The van der Waals surface area contributed by atoms with Crippen molar-refractivity contribution in [3.8, 4) is 0 Å². The minimum Gasteiger partial charge on any atom is -0.355 e. The Morgan fingerprint density at radius 2 is 1.97 bits per heavy atom. The van der Waals surface area contributed by atoms with Gasteiger partial charge in [0.15, 0.2) is 9.84 Å². The lowest BCUT2D eigenvalue weighted by molar-refractivity contribution is 0.167. The topological polar surface area (TPSA) is 95.5 Å². The van der Waals surface area contributed by atoms with Gasteiger partial charge in [-0.05, 0) is 30.9 Å². The van der Waals surface area contributed by atoms with Crippen molar-refractivity contribution in [3.05, 3.63) is 47.1 Å². The fraction of sp³-hybridized carbons (Fsp3) is 0.450. The maximum absolute atomic E-state index is 14.5. The molecule has 2 amide bonds. The second-order valence-electron chi connectivity index (χ2n) is 7.93. The van der Waals surface area contributed by atoms with Crippen molar-refractivity contribution >= 4 is 33.3 Å². The number of hydrogen-bond donors (Lipinski definition) is 1. The van der Waals surface area contributed by atoms with E-state index in [4.69, 9.17) is 11.6 Å². The van der Waals surface area contributed by atoms with Crippen molar-refractivity contribution < 1.29 is 17.6 Å². The average molecular weight is 468 g/mol. The predicted octanol–water partition coefficient (Wildman–Crippen LogP) is 2.48. The highest BCUT2D eigenvalue weighted by Gasteiger charge is 2.38. The largest absolute Gasteiger partial charge is 0.355 e. The van der Waals surface area contributed by atoms with Crippen molar-refractivity contribution in [2.45, 2.75) is 30.3 Å². The van der Waals surface area contributed by atoms with E-state index >= 15 is 0 Å². The summed E-state index contributed by atoms with van der Waals surface area (Å²) in [7, 11) is -3.49. The Balaban J connectivity index is 1.44. The van der Waals surface area contributed by atoms with E-state index in [1.165, 1.54) is 18.3 Å². The number of carbonyl (C=O) groups excluding carboxylic acids is 1. The molecule has 1 N–H and O–H groups in total. The summed E-state index contributed by atoms with van der Waals surface area (Å²) >= 11 is 5.81. The van der Waals surface area contributed by atoms with Crippen molar-refractivity contribution in [3.63, 3.8) is 0 Å². The van der Waals surface area contributed by atoms with Crippen molar-refractivity contribution in [2.24, 2.45) is 5.92 Å². The Kier molecular flexibility index (Phi) is 6.02. The number of rotatable bonds is 5. The maximum Gasteiger partial charge on any atom is 0.318 e. The fourth-order valence-corrected chi connectivity index (χ4v) is 4.95. The number of carbonyl (C=O) groups is 1. The Morgan fingerprint density at radius 3 is 2.58 bits per heavy atom. The predicted molar refractivity (Wildman–Crippen MR) is 114 cm³/mol. The van der Waals surface area contributed by atoms with Gasteiger partial charge in [-0.15, -0.1) is 0 Å². The average Bonchev–Trinajstić information content (AvgIpc) is 3.10. The summed E-state index contributed by atoms with van der Waals surface area (Å²) in [6.45, 7) is 2.15. The molecule has 0 aliphatic carbocycles. The number of urea groups is 1. The molecule has 1 unspecified atom stereocenters. The number of aromatic nitrogens is 2. The molecule has 166 valence electrons. The first-order valence-corrected chi connectivity index (χ1v) is 12.2. The van der Waals surface area contributed by atoms with E-state index in [0.29, 0.717) is 17.3 Å². The summed E-state index contributed by atoms with van der Waals surface area (Å²) in [6.07, 6.45) is 5.92. The molecule has 0 saturated carbocycles. The Hall–Kier alpha value is -2.46. The van der Waals surface area contributed by atoms with E-state index in [2.05, 4.69) is 20.2 Å². The van der Waals surface area contributed by atoms with Crippen LogP contribution in [0.1, 0.15) is 18.4 Å². The van der Waals surface area contributed by atoms with E-state index in [-0.39, 0.29) is 29.4 Å². The molecular formula is C20H23ClFN5O3S. The third kappa shape index (κ3) is 4.74. The van der Waals surface area contributed by atoms with Gasteiger partial charge in [-0.1, -0.05) is 17.7 Å². The summed E-state index contributed by atoms with van der Waals surface area (Å²) < 4.78 is 37.8. The number of nitrogens with one attached hydrogen (secondary N) is 1. The molecule has 11 heteroatoms. The summed E-state index contributed by atoms with van der Waals surface area (Å²) in [4.78, 5) is 24.5. The van der Waals surface area contributed by atoms with Crippen molar-refractivity contribution in [1.82, 2.24) is 20.2 Å². The van der Waals surface area contributed by atoms with E-state index < -0.39 is 15.7 Å². The van der Waals surface area contributed by atoms with Gasteiger partial charge in [0.1, 0.15) is 16.8 Å². The molecule has 3 heterocycles. The zero-order chi connectivity index (χ0) is 22.2. The van der Waals surface area contributed by atoms with E-state index in [1.807, 2.05) is 0 Å². The number of halogens is 2. The summed E-state index contributed by atoms with van der Waals surface area (Å²) in [5, 5.41) is 3.21. The molecule has 2 aromatic rings. The number of piperidine rings is 1. The summed E-state index contributed by atoms with van der Waals surface area (Å²) in [6, 6.07) is 3.54. The van der Waals surface area contributed by atoms with Crippen LogP contribution in [0.5, 0.6) is 0 Å². The Labute approximate surface area is 185 Å². The van der Waals surface area contributed by atoms with Gasteiger partial charge in [0, 0.05) is 31.5 Å². The molecule has 8 nitrogen and oxygen atoms in total. The van der Waals surface area contributed by atoms with Crippen LogP contribution in [-0.4, -0.2) is 61.2 Å². The van der Waals surface area contributed by atoms with E-state index in [1.54, 1.807) is 11.1 Å². The highest BCUT2D eigenvalue weighted by Crippen LogP contribution is 2.30. The zero-order valence-corrected chi connectivity index (χ0v) is 18.5. The molecule has 2 saturated heterocycles. The van der Waals surface area contributed by atoms with Crippen LogP contribution in [0.15, 0.2) is 35.5 Å². The minimum absolute atomic E-state index is 0.0556. The lowest BCUT2D eigenvalue weighted by atomic mass is 9.89. The van der Waals surface area contributed by atoms with Crippen molar-refractivity contribution in [1.29, 1.82) is 0 Å². The first-order chi connectivity index (χ1) is 14.7. The van der Waals surface area contributed by atoms with E-state index in [9.17, 15) is 17.6 Å². The fourth-order valence-electron chi connectivity index (χ4n) is 4.22. The number of nitrogens with zero attached hydrogens (tertiary/aromatic N) is 4. The molecule has 1 aromatic heterocycles. The summed E-state index contributed by atoms with van der Waals surface area (Å²) in [5.74, 6) is 0.402. The van der Waals surface area contributed by atoms with Crippen molar-refractivity contribution in [2.75, 3.05) is 30.8 Å². The SMILES string of the molecule is CS(=O)(=O)c1ccc(CN2C(=O)NCC2C2CCN(c3cnc(Cl)cn3)CC2)c(F)c1.